The molecule has 0 saturated carbocycles. The highest BCUT2D eigenvalue weighted by atomic mass is 31.2. The molecule has 1 aliphatic heterocycles. The molecule has 268 valence electrons. The summed E-state index contributed by atoms with van der Waals surface area (Å²) in [4.78, 5) is 17.1. The van der Waals surface area contributed by atoms with Crippen LogP contribution in [0.1, 0.15) is 67.0 Å². The van der Waals surface area contributed by atoms with Gasteiger partial charge in [0.1, 0.15) is 35.8 Å². The molecule has 0 amide bonds. The van der Waals surface area contributed by atoms with Crippen molar-refractivity contribution in [3.8, 4) is 11.8 Å². The Hall–Kier alpha value is -3.31. The van der Waals surface area contributed by atoms with Gasteiger partial charge in [0.25, 0.3) is 0 Å². The molecule has 1 unspecified atom stereocenters. The molecule has 3 N–H and O–H groups in total. The number of hydrogen-bond acceptors (Lipinski definition) is 11. The van der Waals surface area contributed by atoms with Gasteiger partial charge >= 0.3 is 13.7 Å². The number of carbonyl (C=O) groups excluding carboxylic acids is 1. The number of nitrogens with one attached hydrogen (secondary N) is 1. The molecule has 4 rings (SSSR count). The maximum atomic E-state index is 14.5. The van der Waals surface area contributed by atoms with Crippen molar-refractivity contribution >= 4 is 33.4 Å². The first kappa shape index (κ1) is 38.5. The van der Waals surface area contributed by atoms with Gasteiger partial charge in [0.2, 0.25) is 5.60 Å². The highest BCUT2D eigenvalue weighted by Crippen LogP contribution is 2.51. The topological polar surface area (TPSA) is 172 Å². The van der Waals surface area contributed by atoms with Crippen LogP contribution in [0.4, 0.5) is 5.82 Å². The molecule has 0 aliphatic carbocycles. The SMILES string of the molecule is CCC(CC)COC(=O)[C@H](C)N[P@](=O)(OC[C@H]1O[C@@](C#N)(c2ccc3c(N)ncnn23)[C@H](C)C1O[Si](C)(C)C(C)(C)C)Oc1ccccc1. The number of nitriles is 1. The second kappa shape index (κ2) is 15.3. The average molecular weight is 715 g/mol. The molecule has 1 fully saturated rings. The third-order valence-electron chi connectivity index (χ3n) is 9.80. The second-order valence-electron chi connectivity index (χ2n) is 14.2. The van der Waals surface area contributed by atoms with Gasteiger partial charge in [-0.25, -0.2) is 14.1 Å². The number of benzene rings is 1. The summed E-state index contributed by atoms with van der Waals surface area (Å²) in [5, 5.41) is 17.8. The molecule has 13 nitrogen and oxygen atoms in total. The first-order chi connectivity index (χ1) is 23.0. The lowest BCUT2D eigenvalue weighted by Gasteiger charge is -2.40. The van der Waals surface area contributed by atoms with Crippen molar-refractivity contribution in [2.75, 3.05) is 18.9 Å². The Morgan fingerprint density at radius 1 is 1.20 bits per heavy atom. The quantitative estimate of drug-likeness (QED) is 0.0981. The van der Waals surface area contributed by atoms with Crippen LogP contribution >= 0.6 is 7.75 Å². The van der Waals surface area contributed by atoms with Gasteiger partial charge in [-0.1, -0.05) is 72.6 Å². The summed E-state index contributed by atoms with van der Waals surface area (Å²) in [5.74, 6) is -0.362. The molecule has 3 heterocycles. The van der Waals surface area contributed by atoms with Crippen molar-refractivity contribution < 1.29 is 32.3 Å². The van der Waals surface area contributed by atoms with E-state index in [2.05, 4.69) is 55.1 Å². The van der Waals surface area contributed by atoms with Crippen LogP contribution in [-0.2, 0) is 33.4 Å². The Bertz CT molecular complexity index is 1670. The smallest absolute Gasteiger partial charge is 0.459 e. The van der Waals surface area contributed by atoms with Gasteiger partial charge in [0.05, 0.1) is 25.0 Å². The lowest BCUT2D eigenvalue weighted by molar-refractivity contribution is -0.146. The molecule has 0 radical (unpaired) electrons. The number of nitrogens with two attached hydrogens (primary N) is 1. The summed E-state index contributed by atoms with van der Waals surface area (Å²) in [5.41, 5.74) is 5.56. The zero-order chi connectivity index (χ0) is 36.2. The van der Waals surface area contributed by atoms with Crippen LogP contribution in [0.2, 0.25) is 18.1 Å². The van der Waals surface area contributed by atoms with E-state index in [0.29, 0.717) is 11.2 Å². The molecule has 0 spiro atoms. The largest absolute Gasteiger partial charge is 0.464 e. The lowest BCUT2D eigenvalue weighted by Crippen LogP contribution is -2.48. The molecular weight excluding hydrogens is 663 g/mol. The summed E-state index contributed by atoms with van der Waals surface area (Å²) in [6.07, 6.45) is 1.52. The minimum absolute atomic E-state index is 0.170. The summed E-state index contributed by atoms with van der Waals surface area (Å²) in [6.45, 7) is 18.1. The number of nitrogen functional groups attached to an aromatic ring is 1. The predicted molar refractivity (Wildman–Crippen MR) is 189 cm³/mol. The van der Waals surface area contributed by atoms with Crippen molar-refractivity contribution in [1.82, 2.24) is 19.7 Å². The molecule has 2 aromatic heterocycles. The molecule has 15 heteroatoms. The maximum Gasteiger partial charge on any atom is 0.459 e. The Kier molecular flexibility index (Phi) is 12.0. The molecule has 1 aliphatic rings. The number of rotatable bonds is 15. The van der Waals surface area contributed by atoms with E-state index in [9.17, 15) is 14.6 Å². The standard InChI is InChI=1S/C34H51N6O7PSi/c1-10-25(11-2)19-43-32(41)24(4)39-48(42,46-26-15-13-12-14-16-26)44-20-28-30(47-49(8,9)33(5,6)7)23(3)34(21-35,45-28)29-18-17-27-31(36)37-22-38-40(27)29/h12-18,22-25,28,30H,10-11,19-20H2,1-9H3,(H,39,42)(H2,36,37,38)/t23-,24+,28-,30?,34-,48+/m1/s1. The zero-order valence-electron chi connectivity index (χ0n) is 30.0. The number of esters is 1. The van der Waals surface area contributed by atoms with Gasteiger partial charge in [0.15, 0.2) is 14.1 Å². The zero-order valence-corrected chi connectivity index (χ0v) is 31.9. The molecule has 1 aromatic carbocycles. The Morgan fingerprint density at radius 3 is 2.49 bits per heavy atom. The predicted octanol–water partition coefficient (Wildman–Crippen LogP) is 6.62. The average Bonchev–Trinajstić information content (AvgIpc) is 3.60. The van der Waals surface area contributed by atoms with Crippen molar-refractivity contribution in [1.29, 1.82) is 5.26 Å². The normalized spacial score (nSPS) is 23.2. The van der Waals surface area contributed by atoms with Crippen molar-refractivity contribution in [2.24, 2.45) is 11.8 Å². The van der Waals surface area contributed by atoms with Crippen LogP contribution in [0, 0.1) is 23.2 Å². The summed E-state index contributed by atoms with van der Waals surface area (Å²) in [7, 11) is -6.70. The Morgan fingerprint density at radius 2 is 1.88 bits per heavy atom. The second-order valence-corrected chi connectivity index (χ2v) is 20.6. The molecule has 6 atom stereocenters. The third kappa shape index (κ3) is 8.36. The fourth-order valence-corrected chi connectivity index (χ4v) is 8.42. The van der Waals surface area contributed by atoms with Gasteiger partial charge in [-0.05, 0) is 55.2 Å². The van der Waals surface area contributed by atoms with Crippen molar-refractivity contribution in [3.05, 3.63) is 54.5 Å². The number of hydrogen-bond donors (Lipinski definition) is 2. The van der Waals surface area contributed by atoms with Gasteiger partial charge < -0.3 is 24.2 Å². The monoisotopic (exact) mass is 714 g/mol. The van der Waals surface area contributed by atoms with Gasteiger partial charge in [-0.3, -0.25) is 9.32 Å². The van der Waals surface area contributed by atoms with Crippen LogP contribution in [0.25, 0.3) is 5.52 Å². The van der Waals surface area contributed by atoms with Crippen LogP contribution in [-0.4, -0.2) is 60.3 Å². The fraction of sp³-hybridized carbons (Fsp3) is 0.588. The van der Waals surface area contributed by atoms with E-state index in [1.54, 1.807) is 53.9 Å². The summed E-state index contributed by atoms with van der Waals surface area (Å²) in [6, 6.07) is 13.4. The van der Waals surface area contributed by atoms with Crippen molar-refractivity contribution in [3.63, 3.8) is 0 Å². The first-order valence-corrected chi connectivity index (χ1v) is 21.2. The first-order valence-electron chi connectivity index (χ1n) is 16.8. The molecular formula is C34H51N6O7PSi. The summed E-state index contributed by atoms with van der Waals surface area (Å²) < 4.78 is 47.2. The van der Waals surface area contributed by atoms with E-state index in [4.69, 9.17) is 28.7 Å². The van der Waals surface area contributed by atoms with Crippen LogP contribution in [0.3, 0.4) is 0 Å². The van der Waals surface area contributed by atoms with Gasteiger partial charge in [-0.15, -0.1) is 0 Å². The molecule has 49 heavy (non-hydrogen) atoms. The van der Waals surface area contributed by atoms with E-state index in [1.807, 2.05) is 20.8 Å². The minimum atomic E-state index is -4.25. The van der Waals surface area contributed by atoms with E-state index in [1.165, 1.54) is 6.33 Å². The van der Waals surface area contributed by atoms with Crippen LogP contribution in [0.5, 0.6) is 5.75 Å². The van der Waals surface area contributed by atoms with Crippen molar-refractivity contribution in [2.45, 2.75) is 103 Å². The Balaban J connectivity index is 1.68. The van der Waals surface area contributed by atoms with E-state index in [-0.39, 0.29) is 35.7 Å². The van der Waals surface area contributed by atoms with Gasteiger partial charge in [0, 0.05) is 5.92 Å². The molecule has 0 bridgehead atoms. The number of aromatic nitrogens is 3. The third-order valence-corrected chi connectivity index (χ3v) is 15.9. The van der Waals surface area contributed by atoms with E-state index < -0.39 is 51.8 Å². The summed E-state index contributed by atoms with van der Waals surface area (Å²) >= 11 is 0. The molecule has 3 aromatic rings. The minimum Gasteiger partial charge on any atom is -0.464 e. The highest BCUT2D eigenvalue weighted by Gasteiger charge is 2.59. The van der Waals surface area contributed by atoms with E-state index >= 15 is 0 Å². The number of anilines is 1. The van der Waals surface area contributed by atoms with Crippen LogP contribution in [0.15, 0.2) is 48.8 Å². The number of fused-ring (bicyclic) bond motifs is 1. The number of ether oxygens (including phenoxy) is 2. The van der Waals surface area contributed by atoms with E-state index in [0.717, 1.165) is 12.8 Å². The number of carbonyl (C=O) groups is 1. The molecule has 1 saturated heterocycles. The number of nitrogens with zero attached hydrogens (tertiary/aromatic N) is 4. The van der Waals surface area contributed by atoms with Gasteiger partial charge in [-0.2, -0.15) is 15.4 Å². The number of para-hydroxylation sites is 1. The fourth-order valence-electron chi connectivity index (χ4n) is 5.52. The Labute approximate surface area is 290 Å². The highest BCUT2D eigenvalue weighted by molar-refractivity contribution is 7.52. The lowest BCUT2D eigenvalue weighted by atomic mass is 9.85. The maximum absolute atomic E-state index is 14.5. The van der Waals surface area contributed by atoms with Crippen LogP contribution < -0.4 is 15.3 Å².